The molecule has 0 amide bonds. The summed E-state index contributed by atoms with van der Waals surface area (Å²) in [7, 11) is 0. The molecule has 2 unspecified atom stereocenters. The lowest BCUT2D eigenvalue weighted by atomic mass is 9.80. The standard InChI is InChI=1S/C27H32N2O6/c1-8-32-19-11-9-10-12-20(19)33-23-16(3)22(15(2)13-18(23)27(5,6)7)17(4)24-28-21-14-29(24)35-26(31)25(30)34-21/h9-13,17,21H,8,14H2,1-7H3. The van der Waals surface area contributed by atoms with Crippen molar-refractivity contribution in [2.45, 2.75) is 66.0 Å². The quantitative estimate of drug-likeness (QED) is 0.427. The lowest BCUT2D eigenvalue weighted by Crippen LogP contribution is -2.35. The molecule has 0 N–H and O–H groups in total. The van der Waals surface area contributed by atoms with Gasteiger partial charge in [0.2, 0.25) is 6.23 Å². The Hall–Kier alpha value is -3.55. The molecule has 2 aliphatic heterocycles. The van der Waals surface area contributed by atoms with E-state index in [2.05, 4.69) is 38.8 Å². The summed E-state index contributed by atoms with van der Waals surface area (Å²) in [4.78, 5) is 33.4. The number of hydroxylamine groups is 2. The van der Waals surface area contributed by atoms with E-state index in [0.29, 0.717) is 23.9 Å². The van der Waals surface area contributed by atoms with Gasteiger partial charge in [-0.15, -0.1) is 0 Å². The molecule has 4 rings (SSSR count). The number of hydrogen-bond donors (Lipinski definition) is 0. The number of aliphatic imine (C=N–C) groups is 1. The molecule has 1 fully saturated rings. The first kappa shape index (κ1) is 24.6. The van der Waals surface area contributed by atoms with Crippen molar-refractivity contribution in [3.05, 3.63) is 52.6 Å². The van der Waals surface area contributed by atoms with Gasteiger partial charge in [-0.2, -0.15) is 5.06 Å². The Balaban J connectivity index is 1.80. The number of rotatable bonds is 6. The van der Waals surface area contributed by atoms with Crippen LogP contribution in [0.3, 0.4) is 0 Å². The van der Waals surface area contributed by atoms with Gasteiger partial charge < -0.3 is 19.0 Å². The SMILES string of the molecule is CCOc1ccccc1Oc1c(C(C)(C)C)cc(C)c(C(C)C2=NC3CN2OC(=O)C(=O)O3)c1C. The average molecular weight is 481 g/mol. The normalized spacial score (nSPS) is 18.4. The van der Waals surface area contributed by atoms with Crippen molar-refractivity contribution >= 4 is 17.8 Å². The smallest absolute Gasteiger partial charge is 0.441 e. The number of nitrogens with zero attached hydrogens (tertiary/aromatic N) is 2. The molecule has 0 aliphatic carbocycles. The fraction of sp³-hybridized carbons (Fsp3) is 0.444. The third kappa shape index (κ3) is 4.70. The molecule has 35 heavy (non-hydrogen) atoms. The van der Waals surface area contributed by atoms with E-state index in [1.807, 2.05) is 45.0 Å². The number of carbonyl (C=O) groups excluding carboxylic acids is 2. The number of carbonyl (C=O) groups is 2. The third-order valence-corrected chi connectivity index (χ3v) is 6.22. The molecule has 0 radical (unpaired) electrons. The molecule has 2 heterocycles. The van der Waals surface area contributed by atoms with Crippen molar-refractivity contribution < 1.29 is 28.6 Å². The lowest BCUT2D eigenvalue weighted by Gasteiger charge is -2.30. The maximum absolute atomic E-state index is 11.9. The van der Waals surface area contributed by atoms with Crippen LogP contribution in [0.25, 0.3) is 0 Å². The van der Waals surface area contributed by atoms with Crippen molar-refractivity contribution in [3.63, 3.8) is 0 Å². The number of ether oxygens (including phenoxy) is 3. The predicted octanol–water partition coefficient (Wildman–Crippen LogP) is 4.95. The number of esters is 1. The monoisotopic (exact) mass is 480 g/mol. The fourth-order valence-corrected chi connectivity index (χ4v) is 4.66. The van der Waals surface area contributed by atoms with Gasteiger partial charge in [0, 0.05) is 11.5 Å². The number of fused-ring (bicyclic) bond motifs is 2. The van der Waals surface area contributed by atoms with E-state index in [1.54, 1.807) is 0 Å². The van der Waals surface area contributed by atoms with Crippen molar-refractivity contribution in [2.75, 3.05) is 13.2 Å². The first-order valence-electron chi connectivity index (χ1n) is 11.8. The molecule has 2 aliphatic rings. The van der Waals surface area contributed by atoms with Gasteiger partial charge in [0.1, 0.15) is 18.1 Å². The maximum Gasteiger partial charge on any atom is 0.441 e. The molecule has 186 valence electrons. The van der Waals surface area contributed by atoms with Gasteiger partial charge in [0.15, 0.2) is 11.5 Å². The van der Waals surface area contributed by atoms with Gasteiger partial charge in [0.05, 0.1) is 6.61 Å². The molecule has 8 heteroatoms. The molecular formula is C27H32N2O6. The number of para-hydroxylation sites is 2. The number of benzene rings is 2. The highest BCUT2D eigenvalue weighted by molar-refractivity contribution is 6.30. The first-order valence-corrected chi connectivity index (χ1v) is 11.8. The van der Waals surface area contributed by atoms with Crippen LogP contribution in [0.5, 0.6) is 17.2 Å². The minimum atomic E-state index is -1.04. The summed E-state index contributed by atoms with van der Waals surface area (Å²) in [5.74, 6) is 0.289. The summed E-state index contributed by atoms with van der Waals surface area (Å²) in [6.45, 7) is 15.2. The fourth-order valence-electron chi connectivity index (χ4n) is 4.66. The Morgan fingerprint density at radius 1 is 1.14 bits per heavy atom. The van der Waals surface area contributed by atoms with Gasteiger partial charge in [-0.1, -0.05) is 45.9 Å². The number of aryl methyl sites for hydroxylation is 1. The highest BCUT2D eigenvalue weighted by Gasteiger charge is 2.41. The zero-order valence-corrected chi connectivity index (χ0v) is 21.3. The van der Waals surface area contributed by atoms with E-state index in [-0.39, 0.29) is 17.9 Å². The molecule has 2 bridgehead atoms. The van der Waals surface area contributed by atoms with E-state index in [0.717, 1.165) is 28.0 Å². The molecule has 2 atom stereocenters. The first-order chi connectivity index (χ1) is 16.5. The Bertz CT molecular complexity index is 1200. The largest absolute Gasteiger partial charge is 0.490 e. The van der Waals surface area contributed by atoms with Crippen molar-refractivity contribution in [1.82, 2.24) is 5.06 Å². The van der Waals surface area contributed by atoms with Crippen LogP contribution in [0.4, 0.5) is 0 Å². The second-order valence-corrected chi connectivity index (χ2v) is 9.85. The second-order valence-electron chi connectivity index (χ2n) is 9.85. The summed E-state index contributed by atoms with van der Waals surface area (Å²) in [5, 5.41) is 1.37. The Morgan fingerprint density at radius 2 is 1.83 bits per heavy atom. The molecule has 0 saturated carbocycles. The van der Waals surface area contributed by atoms with Crippen LogP contribution in [0.2, 0.25) is 0 Å². The van der Waals surface area contributed by atoms with E-state index in [9.17, 15) is 9.59 Å². The van der Waals surface area contributed by atoms with Gasteiger partial charge in [-0.05, 0) is 55.0 Å². The van der Waals surface area contributed by atoms with Crippen molar-refractivity contribution in [1.29, 1.82) is 0 Å². The molecule has 0 aromatic heterocycles. The highest BCUT2D eigenvalue weighted by Crippen LogP contribution is 2.44. The van der Waals surface area contributed by atoms with E-state index in [1.165, 1.54) is 5.06 Å². The number of amidine groups is 1. The van der Waals surface area contributed by atoms with Crippen LogP contribution < -0.4 is 9.47 Å². The van der Waals surface area contributed by atoms with Gasteiger partial charge in [0.25, 0.3) is 0 Å². The van der Waals surface area contributed by atoms with E-state index < -0.39 is 18.2 Å². The molecule has 2 aromatic carbocycles. The molecule has 8 nitrogen and oxygen atoms in total. The topological polar surface area (TPSA) is 86.7 Å². The highest BCUT2D eigenvalue weighted by atomic mass is 16.7. The summed E-state index contributed by atoms with van der Waals surface area (Å²) >= 11 is 0. The van der Waals surface area contributed by atoms with Crippen LogP contribution in [0.1, 0.15) is 62.8 Å². The van der Waals surface area contributed by atoms with Crippen LogP contribution in [-0.2, 0) is 24.6 Å². The third-order valence-electron chi connectivity index (χ3n) is 6.22. The summed E-state index contributed by atoms with van der Waals surface area (Å²) < 4.78 is 17.5. The number of hydrogen-bond acceptors (Lipinski definition) is 8. The molecular weight excluding hydrogens is 448 g/mol. The van der Waals surface area contributed by atoms with Crippen molar-refractivity contribution in [3.8, 4) is 17.2 Å². The zero-order chi connectivity index (χ0) is 25.5. The van der Waals surface area contributed by atoms with Gasteiger partial charge in [-0.3, -0.25) is 0 Å². The summed E-state index contributed by atoms with van der Waals surface area (Å²) in [5.41, 5.74) is 3.92. The Kier molecular flexibility index (Phi) is 6.49. The van der Waals surface area contributed by atoms with Gasteiger partial charge in [-0.25, -0.2) is 14.6 Å². The summed E-state index contributed by atoms with van der Waals surface area (Å²) in [6, 6.07) is 9.77. The average Bonchev–Trinajstić information content (AvgIpc) is 3.11. The maximum atomic E-state index is 11.9. The lowest BCUT2D eigenvalue weighted by molar-refractivity contribution is -0.179. The molecule has 0 spiro atoms. The molecule has 2 aromatic rings. The second kappa shape index (κ2) is 9.24. The minimum absolute atomic E-state index is 0.181. The molecule has 1 saturated heterocycles. The van der Waals surface area contributed by atoms with Crippen LogP contribution in [-0.4, -0.2) is 42.2 Å². The Labute approximate surface area is 205 Å². The van der Waals surface area contributed by atoms with Crippen LogP contribution in [0.15, 0.2) is 35.3 Å². The van der Waals surface area contributed by atoms with E-state index >= 15 is 0 Å². The van der Waals surface area contributed by atoms with Crippen molar-refractivity contribution in [2.24, 2.45) is 4.99 Å². The predicted molar refractivity (Wildman–Crippen MR) is 131 cm³/mol. The van der Waals surface area contributed by atoms with Gasteiger partial charge >= 0.3 is 11.9 Å². The Morgan fingerprint density at radius 3 is 2.49 bits per heavy atom. The summed E-state index contributed by atoms with van der Waals surface area (Å²) in [6.07, 6.45) is -0.769. The van der Waals surface area contributed by atoms with Crippen LogP contribution >= 0.6 is 0 Å². The van der Waals surface area contributed by atoms with Crippen LogP contribution in [0, 0.1) is 13.8 Å². The van der Waals surface area contributed by atoms with E-state index in [4.69, 9.17) is 19.0 Å². The zero-order valence-electron chi connectivity index (χ0n) is 21.3. The minimum Gasteiger partial charge on any atom is -0.490 e.